The van der Waals surface area contributed by atoms with E-state index in [9.17, 15) is 0 Å². The van der Waals surface area contributed by atoms with Gasteiger partial charge in [-0.3, -0.25) is 4.99 Å². The second-order valence-electron chi connectivity index (χ2n) is 6.91. The van der Waals surface area contributed by atoms with Crippen LogP contribution in [0.25, 0.3) is 0 Å². The van der Waals surface area contributed by atoms with E-state index in [4.69, 9.17) is 9.47 Å². The number of ether oxygens (including phenoxy) is 2. The van der Waals surface area contributed by atoms with Gasteiger partial charge in [-0.25, -0.2) is 0 Å². The highest BCUT2D eigenvalue weighted by molar-refractivity contribution is 5.79. The molecule has 1 aromatic rings. The first-order valence-electron chi connectivity index (χ1n) is 9.54. The highest BCUT2D eigenvalue weighted by Gasteiger charge is 2.14. The first-order valence-corrected chi connectivity index (χ1v) is 9.54. The lowest BCUT2D eigenvalue weighted by Crippen LogP contribution is -2.39. The number of guanidine groups is 1. The number of likely N-dealkylation sites (tertiary alicyclic amines) is 1. The van der Waals surface area contributed by atoms with Crippen molar-refractivity contribution in [1.29, 1.82) is 0 Å². The molecule has 1 aliphatic rings. The van der Waals surface area contributed by atoms with Crippen LogP contribution >= 0.6 is 0 Å². The minimum atomic E-state index is 0.650. The number of nitrogens with one attached hydrogen (secondary N) is 2. The van der Waals surface area contributed by atoms with E-state index in [-0.39, 0.29) is 0 Å². The van der Waals surface area contributed by atoms with E-state index in [1.54, 1.807) is 21.3 Å². The molecule has 1 aliphatic heterocycles. The molecular weight excluding hydrogens is 328 g/mol. The fourth-order valence-corrected chi connectivity index (χ4v) is 3.19. The van der Waals surface area contributed by atoms with Crippen LogP contribution in [-0.2, 0) is 6.54 Å². The second-order valence-corrected chi connectivity index (χ2v) is 6.91. The van der Waals surface area contributed by atoms with Gasteiger partial charge in [0.1, 0.15) is 11.5 Å². The van der Waals surface area contributed by atoms with Crippen LogP contribution < -0.4 is 20.1 Å². The molecule has 0 amide bonds. The van der Waals surface area contributed by atoms with Crippen molar-refractivity contribution < 1.29 is 9.47 Å². The van der Waals surface area contributed by atoms with Crippen LogP contribution in [0.5, 0.6) is 11.5 Å². The van der Waals surface area contributed by atoms with Crippen molar-refractivity contribution in [2.75, 3.05) is 47.4 Å². The van der Waals surface area contributed by atoms with Crippen LogP contribution in [0.15, 0.2) is 23.2 Å². The zero-order valence-electron chi connectivity index (χ0n) is 16.7. The summed E-state index contributed by atoms with van der Waals surface area (Å²) >= 11 is 0. The van der Waals surface area contributed by atoms with Crippen LogP contribution in [0.2, 0.25) is 0 Å². The number of hydrogen-bond donors (Lipinski definition) is 2. The van der Waals surface area contributed by atoms with Crippen molar-refractivity contribution >= 4 is 5.96 Å². The molecule has 0 atom stereocenters. The van der Waals surface area contributed by atoms with Gasteiger partial charge in [0.05, 0.1) is 14.2 Å². The Labute approximate surface area is 158 Å². The van der Waals surface area contributed by atoms with E-state index in [0.717, 1.165) is 48.5 Å². The average molecular weight is 363 g/mol. The van der Waals surface area contributed by atoms with Gasteiger partial charge in [-0.05, 0) is 56.9 Å². The molecular formula is C20H34N4O2. The van der Waals surface area contributed by atoms with Gasteiger partial charge in [0.2, 0.25) is 0 Å². The standard InChI is InChI=1S/C20H34N4O2/c1-16-8-12-24(13-9-16)11-5-10-22-20(21-2)23-15-17-6-7-18(25-3)14-19(17)26-4/h6-7,14,16H,5,8-13,15H2,1-4H3,(H2,21,22,23). The zero-order valence-corrected chi connectivity index (χ0v) is 16.7. The number of benzene rings is 1. The molecule has 0 aromatic heterocycles. The molecule has 0 saturated carbocycles. The average Bonchev–Trinajstić information content (AvgIpc) is 2.68. The van der Waals surface area contributed by atoms with Gasteiger partial charge in [-0.2, -0.15) is 0 Å². The Hall–Kier alpha value is -1.95. The fourth-order valence-electron chi connectivity index (χ4n) is 3.19. The van der Waals surface area contributed by atoms with Gasteiger partial charge in [-0.15, -0.1) is 0 Å². The number of rotatable bonds is 8. The van der Waals surface area contributed by atoms with Gasteiger partial charge < -0.3 is 25.0 Å². The van der Waals surface area contributed by atoms with Gasteiger partial charge >= 0.3 is 0 Å². The number of hydrogen-bond acceptors (Lipinski definition) is 4. The van der Waals surface area contributed by atoms with Gasteiger partial charge in [0.25, 0.3) is 0 Å². The predicted molar refractivity (Wildman–Crippen MR) is 107 cm³/mol. The van der Waals surface area contributed by atoms with E-state index < -0.39 is 0 Å². The number of aliphatic imine (C=N–C) groups is 1. The Kier molecular flexibility index (Phi) is 8.54. The van der Waals surface area contributed by atoms with Crippen LogP contribution in [0.1, 0.15) is 31.7 Å². The molecule has 6 heteroatoms. The molecule has 146 valence electrons. The third-order valence-corrected chi connectivity index (χ3v) is 4.98. The Balaban J connectivity index is 1.71. The van der Waals surface area contributed by atoms with Crippen LogP contribution in [0.3, 0.4) is 0 Å². The van der Waals surface area contributed by atoms with E-state index in [2.05, 4.69) is 27.4 Å². The Bertz CT molecular complexity index is 569. The lowest BCUT2D eigenvalue weighted by molar-refractivity contribution is 0.191. The molecule has 26 heavy (non-hydrogen) atoms. The van der Waals surface area contributed by atoms with Crippen molar-refractivity contribution in [2.45, 2.75) is 32.7 Å². The molecule has 0 unspecified atom stereocenters. The molecule has 0 spiro atoms. The summed E-state index contributed by atoms with van der Waals surface area (Å²) in [6.45, 7) is 7.56. The summed E-state index contributed by atoms with van der Waals surface area (Å²) in [5.41, 5.74) is 1.07. The Morgan fingerprint density at radius 1 is 1.19 bits per heavy atom. The number of nitrogens with zero attached hydrogens (tertiary/aromatic N) is 2. The molecule has 1 aromatic carbocycles. The second kappa shape index (κ2) is 10.9. The molecule has 0 radical (unpaired) electrons. The summed E-state index contributed by atoms with van der Waals surface area (Å²) in [6, 6.07) is 5.84. The van der Waals surface area contributed by atoms with Crippen molar-refractivity contribution in [3.63, 3.8) is 0 Å². The third kappa shape index (κ3) is 6.41. The van der Waals surface area contributed by atoms with Crippen LogP contribution in [0, 0.1) is 5.92 Å². The largest absolute Gasteiger partial charge is 0.497 e. The maximum atomic E-state index is 5.44. The summed E-state index contributed by atoms with van der Waals surface area (Å²) in [5, 5.41) is 6.74. The maximum absolute atomic E-state index is 5.44. The van der Waals surface area contributed by atoms with Crippen molar-refractivity contribution in [1.82, 2.24) is 15.5 Å². The van der Waals surface area contributed by atoms with Crippen molar-refractivity contribution in [3.8, 4) is 11.5 Å². The normalized spacial score (nSPS) is 16.4. The summed E-state index contributed by atoms with van der Waals surface area (Å²) in [5.74, 6) is 3.31. The third-order valence-electron chi connectivity index (χ3n) is 4.98. The first kappa shape index (κ1) is 20.4. The lowest BCUT2D eigenvalue weighted by atomic mass is 9.99. The minimum absolute atomic E-state index is 0.650. The first-order chi connectivity index (χ1) is 12.7. The van der Waals surface area contributed by atoms with Crippen LogP contribution in [0.4, 0.5) is 0 Å². The highest BCUT2D eigenvalue weighted by Crippen LogP contribution is 2.24. The minimum Gasteiger partial charge on any atom is -0.497 e. The molecule has 0 aliphatic carbocycles. The summed E-state index contributed by atoms with van der Waals surface area (Å²) in [4.78, 5) is 6.87. The molecule has 1 saturated heterocycles. The topological polar surface area (TPSA) is 58.1 Å². The molecule has 1 heterocycles. The molecule has 0 bridgehead atoms. The van der Waals surface area contributed by atoms with Gasteiger partial charge in [0.15, 0.2) is 5.96 Å². The summed E-state index contributed by atoms with van der Waals surface area (Å²) in [7, 11) is 5.13. The van der Waals surface area contributed by atoms with Crippen molar-refractivity contribution in [3.05, 3.63) is 23.8 Å². The monoisotopic (exact) mass is 362 g/mol. The summed E-state index contributed by atoms with van der Waals surface area (Å²) < 4.78 is 10.7. The smallest absolute Gasteiger partial charge is 0.191 e. The highest BCUT2D eigenvalue weighted by atomic mass is 16.5. The summed E-state index contributed by atoms with van der Waals surface area (Å²) in [6.07, 6.45) is 3.79. The molecule has 2 N–H and O–H groups in total. The van der Waals surface area contributed by atoms with Gasteiger partial charge in [0, 0.05) is 31.8 Å². The number of methoxy groups -OCH3 is 2. The Morgan fingerprint density at radius 2 is 1.96 bits per heavy atom. The SMILES string of the molecule is CN=C(NCCCN1CCC(C)CC1)NCc1ccc(OC)cc1OC. The number of piperidine rings is 1. The van der Waals surface area contributed by atoms with E-state index in [1.807, 2.05) is 18.2 Å². The lowest BCUT2D eigenvalue weighted by Gasteiger charge is -2.30. The maximum Gasteiger partial charge on any atom is 0.191 e. The van der Waals surface area contributed by atoms with Crippen molar-refractivity contribution in [2.24, 2.45) is 10.9 Å². The Morgan fingerprint density at radius 3 is 2.62 bits per heavy atom. The quantitative estimate of drug-likeness (QED) is 0.423. The predicted octanol–water partition coefficient (Wildman–Crippen LogP) is 2.49. The van der Waals surface area contributed by atoms with Gasteiger partial charge in [-0.1, -0.05) is 6.92 Å². The molecule has 6 nitrogen and oxygen atoms in total. The molecule has 1 fully saturated rings. The van der Waals surface area contributed by atoms with E-state index in [0.29, 0.717) is 6.54 Å². The van der Waals surface area contributed by atoms with Crippen LogP contribution in [-0.4, -0.2) is 58.3 Å². The van der Waals surface area contributed by atoms with E-state index >= 15 is 0 Å². The van der Waals surface area contributed by atoms with E-state index in [1.165, 1.54) is 25.9 Å². The zero-order chi connectivity index (χ0) is 18.8. The molecule has 2 rings (SSSR count). The fraction of sp³-hybridized carbons (Fsp3) is 0.650.